The average Bonchev–Trinajstić information content (AvgIpc) is 2.74. The molecule has 0 saturated heterocycles. The number of sulfonamides is 1. The smallest absolute Gasteiger partial charge is 0.277 e. The molecule has 0 aliphatic carbocycles. The normalized spacial score (nSPS) is 11.5. The van der Waals surface area contributed by atoms with Crippen molar-refractivity contribution < 1.29 is 8.42 Å². The Morgan fingerprint density at radius 1 is 1.42 bits per heavy atom. The second-order valence-electron chi connectivity index (χ2n) is 4.01. The fourth-order valence-corrected chi connectivity index (χ4v) is 2.79. The highest BCUT2D eigenvalue weighted by Crippen LogP contribution is 2.18. The van der Waals surface area contributed by atoms with Crippen molar-refractivity contribution in [3.63, 3.8) is 0 Å². The molecule has 0 radical (unpaired) electrons. The Bertz CT molecular complexity index is 694. The van der Waals surface area contributed by atoms with Crippen LogP contribution in [0, 0.1) is 6.92 Å². The molecule has 1 heterocycles. The summed E-state index contributed by atoms with van der Waals surface area (Å²) in [7, 11) is -2.20. The van der Waals surface area contributed by atoms with Crippen molar-refractivity contribution in [2.45, 2.75) is 18.4 Å². The van der Waals surface area contributed by atoms with Crippen molar-refractivity contribution >= 4 is 16.0 Å². The van der Waals surface area contributed by atoms with E-state index < -0.39 is 10.0 Å². The number of tetrazole rings is 1. The molecule has 8 nitrogen and oxygen atoms in total. The highest BCUT2D eigenvalue weighted by atomic mass is 32.2. The molecule has 3 N–H and O–H groups in total. The van der Waals surface area contributed by atoms with E-state index in [1.807, 2.05) is 0 Å². The van der Waals surface area contributed by atoms with Crippen LogP contribution in [0.1, 0.15) is 11.1 Å². The summed E-state index contributed by atoms with van der Waals surface area (Å²) in [5, 5.41) is 10.9. The molecule has 0 aliphatic heterocycles. The zero-order valence-corrected chi connectivity index (χ0v) is 11.3. The number of anilines is 1. The predicted octanol–water partition coefficient (Wildman–Crippen LogP) is -0.222. The number of aromatic nitrogens is 4. The maximum absolute atomic E-state index is 12.2. The van der Waals surface area contributed by atoms with Crippen LogP contribution in [0.25, 0.3) is 0 Å². The van der Waals surface area contributed by atoms with Crippen LogP contribution in [0.4, 0.5) is 5.95 Å². The van der Waals surface area contributed by atoms with Crippen molar-refractivity contribution in [2.75, 3.05) is 4.72 Å². The van der Waals surface area contributed by atoms with Gasteiger partial charge in [0.2, 0.25) is 0 Å². The van der Waals surface area contributed by atoms with Gasteiger partial charge in [0.1, 0.15) is 0 Å². The third-order valence-electron chi connectivity index (χ3n) is 2.51. The molecule has 0 fully saturated rings. The van der Waals surface area contributed by atoms with Crippen LogP contribution >= 0.6 is 0 Å². The van der Waals surface area contributed by atoms with Gasteiger partial charge in [0.15, 0.2) is 0 Å². The quantitative estimate of drug-likeness (QED) is 0.800. The van der Waals surface area contributed by atoms with E-state index in [0.29, 0.717) is 5.56 Å². The summed E-state index contributed by atoms with van der Waals surface area (Å²) in [6.07, 6.45) is 0. The van der Waals surface area contributed by atoms with Gasteiger partial charge < -0.3 is 5.73 Å². The molecule has 0 unspecified atom stereocenters. The summed E-state index contributed by atoms with van der Waals surface area (Å²) in [5.41, 5.74) is 6.87. The van der Waals surface area contributed by atoms with Gasteiger partial charge in [-0.25, -0.2) is 13.1 Å². The summed E-state index contributed by atoms with van der Waals surface area (Å²) in [6.45, 7) is 1.98. The van der Waals surface area contributed by atoms with Gasteiger partial charge in [0.25, 0.3) is 16.0 Å². The van der Waals surface area contributed by atoms with Gasteiger partial charge in [-0.15, -0.1) is 5.10 Å². The summed E-state index contributed by atoms with van der Waals surface area (Å²) in [4.78, 5) is 1.32. The molecule has 1 aromatic carbocycles. The third kappa shape index (κ3) is 2.88. The molecule has 0 bridgehead atoms. The lowest BCUT2D eigenvalue weighted by Gasteiger charge is -2.09. The molecule has 0 spiro atoms. The molecule has 0 saturated carbocycles. The number of benzene rings is 1. The Balaban J connectivity index is 2.39. The Morgan fingerprint density at radius 3 is 2.74 bits per heavy atom. The fraction of sp³-hybridized carbons (Fsp3) is 0.300. The van der Waals surface area contributed by atoms with E-state index in [2.05, 4.69) is 20.1 Å². The largest absolute Gasteiger partial charge is 0.326 e. The van der Waals surface area contributed by atoms with Crippen LogP contribution in [0.15, 0.2) is 23.1 Å². The fourth-order valence-electron chi connectivity index (χ4n) is 1.56. The number of rotatable bonds is 4. The lowest BCUT2D eigenvalue weighted by molar-refractivity contribution is 0.600. The van der Waals surface area contributed by atoms with E-state index in [9.17, 15) is 8.42 Å². The van der Waals surface area contributed by atoms with Gasteiger partial charge in [0.05, 0.1) is 11.9 Å². The van der Waals surface area contributed by atoms with Crippen LogP contribution in [-0.4, -0.2) is 28.6 Å². The maximum Gasteiger partial charge on any atom is 0.277 e. The van der Waals surface area contributed by atoms with Crippen molar-refractivity contribution in [2.24, 2.45) is 12.8 Å². The van der Waals surface area contributed by atoms with E-state index in [0.717, 1.165) is 5.56 Å². The Morgan fingerprint density at radius 2 is 2.16 bits per heavy atom. The first-order valence-electron chi connectivity index (χ1n) is 5.49. The number of aryl methyl sites for hydroxylation is 2. The molecule has 19 heavy (non-hydrogen) atoms. The van der Waals surface area contributed by atoms with Gasteiger partial charge in [-0.2, -0.15) is 4.80 Å². The van der Waals surface area contributed by atoms with E-state index in [1.165, 1.54) is 10.9 Å². The first kappa shape index (κ1) is 13.4. The van der Waals surface area contributed by atoms with Crippen molar-refractivity contribution in [3.8, 4) is 0 Å². The van der Waals surface area contributed by atoms with E-state index >= 15 is 0 Å². The summed E-state index contributed by atoms with van der Waals surface area (Å²) in [5.74, 6) is -0.0694. The summed E-state index contributed by atoms with van der Waals surface area (Å²) in [6, 6.07) is 5.03. The minimum Gasteiger partial charge on any atom is -0.326 e. The van der Waals surface area contributed by atoms with Crippen LogP contribution in [-0.2, 0) is 23.6 Å². The van der Waals surface area contributed by atoms with Gasteiger partial charge in [-0.1, -0.05) is 17.2 Å². The predicted molar refractivity (Wildman–Crippen MR) is 68.7 cm³/mol. The van der Waals surface area contributed by atoms with Crippen molar-refractivity contribution in [1.82, 2.24) is 20.2 Å². The molecule has 0 atom stereocenters. The van der Waals surface area contributed by atoms with Crippen LogP contribution in [0.5, 0.6) is 0 Å². The summed E-state index contributed by atoms with van der Waals surface area (Å²) < 4.78 is 26.7. The Kier molecular flexibility index (Phi) is 3.49. The highest BCUT2D eigenvalue weighted by molar-refractivity contribution is 7.92. The molecule has 102 valence electrons. The molecular formula is C10H14N6O2S. The number of nitrogens with one attached hydrogen (secondary N) is 1. The second-order valence-corrected chi connectivity index (χ2v) is 5.66. The monoisotopic (exact) mass is 282 g/mol. The lowest BCUT2D eigenvalue weighted by atomic mass is 10.1. The van der Waals surface area contributed by atoms with Gasteiger partial charge in [-0.05, 0) is 29.3 Å². The minimum atomic E-state index is -3.75. The molecule has 0 aliphatic rings. The number of hydrogen-bond donors (Lipinski definition) is 2. The van der Waals surface area contributed by atoms with Crippen molar-refractivity contribution in [3.05, 3.63) is 29.3 Å². The zero-order chi connectivity index (χ0) is 14.0. The highest BCUT2D eigenvalue weighted by Gasteiger charge is 2.19. The molecular weight excluding hydrogens is 268 g/mol. The molecule has 2 aromatic rings. The van der Waals surface area contributed by atoms with Crippen LogP contribution < -0.4 is 10.5 Å². The van der Waals surface area contributed by atoms with Gasteiger partial charge >= 0.3 is 0 Å². The van der Waals surface area contributed by atoms with E-state index in [1.54, 1.807) is 26.1 Å². The first-order valence-corrected chi connectivity index (χ1v) is 6.97. The lowest BCUT2D eigenvalue weighted by Crippen LogP contribution is -2.16. The molecule has 2 rings (SSSR count). The topological polar surface area (TPSA) is 116 Å². The van der Waals surface area contributed by atoms with Gasteiger partial charge in [0, 0.05) is 6.54 Å². The zero-order valence-electron chi connectivity index (χ0n) is 10.5. The van der Waals surface area contributed by atoms with Crippen LogP contribution in [0.3, 0.4) is 0 Å². The molecule has 1 aromatic heterocycles. The number of nitrogens with two attached hydrogens (primary N) is 1. The average molecular weight is 282 g/mol. The second kappa shape index (κ2) is 4.94. The first-order chi connectivity index (χ1) is 8.92. The van der Waals surface area contributed by atoms with Crippen molar-refractivity contribution in [1.29, 1.82) is 0 Å². The summed E-state index contributed by atoms with van der Waals surface area (Å²) >= 11 is 0. The van der Waals surface area contributed by atoms with Crippen LogP contribution in [0.2, 0.25) is 0 Å². The number of hydrogen-bond acceptors (Lipinski definition) is 6. The third-order valence-corrected chi connectivity index (χ3v) is 3.98. The van der Waals surface area contributed by atoms with E-state index in [-0.39, 0.29) is 17.4 Å². The molecule has 0 amide bonds. The Hall–Kier alpha value is -2.00. The standard InChI is InChI=1S/C10H14N6O2S/c1-7-3-4-8(6-11)5-9(7)19(17,18)14-10-12-15-16(2)13-10/h3-5H,6,11H2,1-2H3,(H,13,14). The number of nitrogens with zero attached hydrogens (tertiary/aromatic N) is 4. The minimum absolute atomic E-state index is 0.0694. The van der Waals surface area contributed by atoms with Gasteiger partial charge in [-0.3, -0.25) is 0 Å². The SMILES string of the molecule is Cc1ccc(CN)cc1S(=O)(=O)Nc1nnn(C)n1. The Labute approximate surface area is 110 Å². The molecule has 9 heteroatoms. The van der Waals surface area contributed by atoms with E-state index in [4.69, 9.17) is 5.73 Å². The maximum atomic E-state index is 12.2.